The average molecular weight is 388 g/mol. The zero-order chi connectivity index (χ0) is 20.4. The Bertz CT molecular complexity index is 1070. The number of benzene rings is 2. The van der Waals surface area contributed by atoms with Crippen molar-refractivity contribution in [3.05, 3.63) is 71.0 Å². The molecular weight excluding hydrogens is 364 g/mol. The van der Waals surface area contributed by atoms with E-state index >= 15 is 0 Å². The molecule has 6 nitrogen and oxygen atoms in total. The Morgan fingerprint density at radius 3 is 1.97 bits per heavy atom. The summed E-state index contributed by atoms with van der Waals surface area (Å²) in [7, 11) is 0. The molecule has 0 aliphatic carbocycles. The van der Waals surface area contributed by atoms with Crippen LogP contribution in [-0.4, -0.2) is 57.8 Å². The normalized spacial score (nSPS) is 14.7. The van der Waals surface area contributed by atoms with Crippen molar-refractivity contribution in [1.82, 2.24) is 19.8 Å². The largest absolute Gasteiger partial charge is 0.337 e. The number of fused-ring (bicyclic) bond motifs is 1. The number of hydrogen-bond acceptors (Lipinski definition) is 4. The summed E-state index contributed by atoms with van der Waals surface area (Å²) >= 11 is 0. The van der Waals surface area contributed by atoms with Gasteiger partial charge in [-0.3, -0.25) is 9.59 Å². The highest BCUT2D eigenvalue weighted by Gasteiger charge is 2.23. The van der Waals surface area contributed by atoms with E-state index in [1.165, 1.54) is 0 Å². The maximum absolute atomic E-state index is 13.1. The van der Waals surface area contributed by atoms with Crippen molar-refractivity contribution in [2.45, 2.75) is 20.3 Å². The van der Waals surface area contributed by atoms with Crippen molar-refractivity contribution in [2.75, 3.05) is 26.2 Å². The Kier molecular flexibility index (Phi) is 5.25. The van der Waals surface area contributed by atoms with E-state index in [0.29, 0.717) is 37.3 Å². The monoisotopic (exact) mass is 388 g/mol. The number of nitrogens with zero attached hydrogens (tertiary/aromatic N) is 4. The van der Waals surface area contributed by atoms with Crippen molar-refractivity contribution in [1.29, 1.82) is 0 Å². The second-order valence-electron chi connectivity index (χ2n) is 7.40. The van der Waals surface area contributed by atoms with E-state index in [0.717, 1.165) is 28.8 Å². The van der Waals surface area contributed by atoms with E-state index in [-0.39, 0.29) is 11.8 Å². The first-order valence-electron chi connectivity index (χ1n) is 9.91. The molecule has 1 saturated heterocycles. The minimum absolute atomic E-state index is 0.0201. The van der Waals surface area contributed by atoms with Crippen molar-refractivity contribution < 1.29 is 9.59 Å². The summed E-state index contributed by atoms with van der Waals surface area (Å²) < 4.78 is 0. The summed E-state index contributed by atoms with van der Waals surface area (Å²) in [6.07, 6.45) is 0.760. The molecule has 1 aromatic heterocycles. The van der Waals surface area contributed by atoms with Gasteiger partial charge >= 0.3 is 0 Å². The van der Waals surface area contributed by atoms with Gasteiger partial charge in [0.15, 0.2) is 0 Å². The summed E-state index contributed by atoms with van der Waals surface area (Å²) in [5.41, 5.74) is 4.58. The zero-order valence-corrected chi connectivity index (χ0v) is 16.8. The van der Waals surface area contributed by atoms with Crippen LogP contribution in [0.5, 0.6) is 0 Å². The smallest absolute Gasteiger partial charge is 0.253 e. The van der Waals surface area contributed by atoms with Gasteiger partial charge in [0, 0.05) is 37.3 Å². The van der Waals surface area contributed by atoms with Gasteiger partial charge in [-0.05, 0) is 50.6 Å². The average Bonchev–Trinajstić information content (AvgIpc) is 3.00. The second-order valence-corrected chi connectivity index (χ2v) is 7.40. The second kappa shape index (κ2) is 7.99. The lowest BCUT2D eigenvalue weighted by Gasteiger charge is -2.22. The van der Waals surface area contributed by atoms with Crippen LogP contribution in [0, 0.1) is 13.8 Å². The molecule has 2 aromatic carbocycles. The van der Waals surface area contributed by atoms with Crippen LogP contribution in [0.3, 0.4) is 0 Å². The first-order chi connectivity index (χ1) is 14.0. The number of aromatic nitrogens is 2. The minimum Gasteiger partial charge on any atom is -0.337 e. The maximum Gasteiger partial charge on any atom is 0.253 e. The highest BCUT2D eigenvalue weighted by atomic mass is 16.2. The molecule has 0 bridgehead atoms. The summed E-state index contributed by atoms with van der Waals surface area (Å²) in [6.45, 7) is 6.19. The topological polar surface area (TPSA) is 66.4 Å². The fourth-order valence-electron chi connectivity index (χ4n) is 3.63. The Balaban J connectivity index is 1.49. The summed E-state index contributed by atoms with van der Waals surface area (Å²) in [5.74, 6) is -0.00679. The fourth-order valence-corrected chi connectivity index (χ4v) is 3.63. The molecule has 2 amide bonds. The number of amides is 2. The van der Waals surface area contributed by atoms with Gasteiger partial charge in [-0.15, -0.1) is 0 Å². The molecule has 0 spiro atoms. The van der Waals surface area contributed by atoms with Gasteiger partial charge < -0.3 is 9.80 Å². The number of rotatable bonds is 2. The number of carbonyl (C=O) groups is 2. The molecule has 0 N–H and O–H groups in total. The zero-order valence-electron chi connectivity index (χ0n) is 16.8. The molecular formula is C23H24N4O2. The highest BCUT2D eigenvalue weighted by Crippen LogP contribution is 2.17. The lowest BCUT2D eigenvalue weighted by molar-refractivity contribution is 0.0719. The van der Waals surface area contributed by atoms with Gasteiger partial charge in [0.2, 0.25) is 0 Å². The Hall–Kier alpha value is -3.28. The lowest BCUT2D eigenvalue weighted by atomic mass is 10.1. The molecule has 0 radical (unpaired) electrons. The van der Waals surface area contributed by atoms with Crippen molar-refractivity contribution >= 4 is 22.8 Å². The van der Waals surface area contributed by atoms with E-state index in [9.17, 15) is 9.59 Å². The molecule has 3 aromatic rings. The van der Waals surface area contributed by atoms with E-state index in [1.807, 2.05) is 72.2 Å². The Labute approximate surface area is 170 Å². The quantitative estimate of drug-likeness (QED) is 0.676. The molecule has 1 aliphatic heterocycles. The third-order valence-electron chi connectivity index (χ3n) is 5.41. The predicted octanol–water partition coefficient (Wildman–Crippen LogP) is 3.23. The summed E-state index contributed by atoms with van der Waals surface area (Å²) in [4.78, 5) is 38.5. The van der Waals surface area contributed by atoms with Crippen LogP contribution in [0.15, 0.2) is 48.5 Å². The van der Waals surface area contributed by atoms with Crippen LogP contribution in [0.4, 0.5) is 0 Å². The van der Waals surface area contributed by atoms with Crippen LogP contribution in [0.1, 0.15) is 38.5 Å². The van der Waals surface area contributed by atoms with Crippen molar-refractivity contribution in [3.8, 4) is 0 Å². The molecule has 148 valence electrons. The van der Waals surface area contributed by atoms with E-state index < -0.39 is 0 Å². The maximum atomic E-state index is 13.1. The summed E-state index contributed by atoms with van der Waals surface area (Å²) in [6, 6.07) is 14.8. The van der Waals surface area contributed by atoms with E-state index in [2.05, 4.69) is 9.97 Å². The standard InChI is InChI=1S/C23H24N4O2/c1-16-17(2)25-21-15-19(9-10-20(21)24-16)23(29)27-12-6-11-26(13-14-27)22(28)18-7-4-3-5-8-18/h3-5,7-10,15H,6,11-14H2,1-2H3. The molecule has 2 heterocycles. The predicted molar refractivity (Wildman–Crippen MR) is 112 cm³/mol. The van der Waals surface area contributed by atoms with Gasteiger partial charge in [-0.1, -0.05) is 18.2 Å². The van der Waals surface area contributed by atoms with Crippen molar-refractivity contribution in [3.63, 3.8) is 0 Å². The molecule has 4 rings (SSSR count). The van der Waals surface area contributed by atoms with Gasteiger partial charge in [0.25, 0.3) is 11.8 Å². The lowest BCUT2D eigenvalue weighted by Crippen LogP contribution is -2.37. The molecule has 6 heteroatoms. The molecule has 29 heavy (non-hydrogen) atoms. The molecule has 0 unspecified atom stereocenters. The first kappa shape index (κ1) is 19.1. The molecule has 1 fully saturated rings. The van der Waals surface area contributed by atoms with Gasteiger partial charge in [0.05, 0.1) is 22.4 Å². The third-order valence-corrected chi connectivity index (χ3v) is 5.41. The SMILES string of the molecule is Cc1nc2ccc(C(=O)N3CCCN(C(=O)c4ccccc4)CC3)cc2nc1C. The van der Waals surface area contributed by atoms with E-state index in [4.69, 9.17) is 0 Å². The Morgan fingerprint density at radius 2 is 1.31 bits per heavy atom. The Morgan fingerprint density at radius 1 is 0.724 bits per heavy atom. The van der Waals surface area contributed by atoms with Crippen LogP contribution < -0.4 is 0 Å². The summed E-state index contributed by atoms with van der Waals surface area (Å²) in [5, 5.41) is 0. The van der Waals surface area contributed by atoms with Crippen molar-refractivity contribution in [2.24, 2.45) is 0 Å². The van der Waals surface area contributed by atoms with Crippen LogP contribution in [0.2, 0.25) is 0 Å². The van der Waals surface area contributed by atoms with Gasteiger partial charge in [-0.2, -0.15) is 0 Å². The van der Waals surface area contributed by atoms with Gasteiger partial charge in [-0.25, -0.2) is 9.97 Å². The minimum atomic E-state index is -0.0269. The van der Waals surface area contributed by atoms with E-state index in [1.54, 1.807) is 0 Å². The number of aryl methyl sites for hydroxylation is 2. The number of hydrogen-bond donors (Lipinski definition) is 0. The molecule has 1 aliphatic rings. The molecule has 0 atom stereocenters. The number of carbonyl (C=O) groups excluding carboxylic acids is 2. The first-order valence-corrected chi connectivity index (χ1v) is 9.91. The molecule has 0 saturated carbocycles. The highest BCUT2D eigenvalue weighted by molar-refractivity contribution is 5.97. The van der Waals surface area contributed by atoms with Crippen LogP contribution in [0.25, 0.3) is 11.0 Å². The third kappa shape index (κ3) is 3.97. The fraction of sp³-hybridized carbons (Fsp3) is 0.304. The van der Waals surface area contributed by atoms with Crippen LogP contribution >= 0.6 is 0 Å². The van der Waals surface area contributed by atoms with Gasteiger partial charge in [0.1, 0.15) is 0 Å². The van der Waals surface area contributed by atoms with Crippen LogP contribution in [-0.2, 0) is 0 Å².